The third kappa shape index (κ3) is 1.84. The molecule has 2 bridgehead atoms. The van der Waals surface area contributed by atoms with Gasteiger partial charge >= 0.3 is 0 Å². The molecule has 7 atom stereocenters. The summed E-state index contributed by atoms with van der Waals surface area (Å²) < 4.78 is 0. The molecule has 0 radical (unpaired) electrons. The van der Waals surface area contributed by atoms with Crippen molar-refractivity contribution in [2.24, 2.45) is 23.7 Å². The quantitative estimate of drug-likeness (QED) is 0.788. The van der Waals surface area contributed by atoms with Crippen LogP contribution in [0.4, 0.5) is 0 Å². The fourth-order valence-corrected chi connectivity index (χ4v) is 5.88. The molecule has 0 aromatic heterocycles. The molecule has 4 aliphatic carbocycles. The topological polar surface area (TPSA) is 32.3 Å². The number of aliphatic hydroxyl groups excluding tert-OH is 1. The Labute approximate surface area is 111 Å². The third-order valence-electron chi connectivity index (χ3n) is 6.53. The predicted octanol–water partition coefficient (Wildman–Crippen LogP) is 2.70. The molecule has 102 valence electrons. The lowest BCUT2D eigenvalue weighted by molar-refractivity contribution is 0.0996. The molecule has 4 saturated carbocycles. The molecule has 4 rings (SSSR count). The van der Waals surface area contributed by atoms with Crippen molar-refractivity contribution >= 4 is 0 Å². The van der Waals surface area contributed by atoms with Crippen molar-refractivity contribution in [2.45, 2.75) is 76.0 Å². The number of hydrogen-bond donors (Lipinski definition) is 2. The molecule has 0 aliphatic heterocycles. The fraction of sp³-hybridized carbons (Fsp3) is 1.00. The Morgan fingerprint density at radius 1 is 0.778 bits per heavy atom. The van der Waals surface area contributed by atoms with E-state index in [1.54, 1.807) is 0 Å². The molecule has 2 heteroatoms. The van der Waals surface area contributed by atoms with Gasteiger partial charge in [-0.15, -0.1) is 0 Å². The van der Waals surface area contributed by atoms with Gasteiger partial charge in [-0.05, 0) is 75.0 Å². The summed E-state index contributed by atoms with van der Waals surface area (Å²) in [4.78, 5) is 0. The van der Waals surface area contributed by atoms with Crippen molar-refractivity contribution in [3.63, 3.8) is 0 Å². The van der Waals surface area contributed by atoms with Crippen LogP contribution in [0.25, 0.3) is 0 Å². The summed E-state index contributed by atoms with van der Waals surface area (Å²) in [5.74, 6) is 4.20. The van der Waals surface area contributed by atoms with E-state index in [-0.39, 0.29) is 6.10 Å². The molecule has 18 heavy (non-hydrogen) atoms. The van der Waals surface area contributed by atoms with Crippen LogP contribution in [0.3, 0.4) is 0 Å². The van der Waals surface area contributed by atoms with Gasteiger partial charge in [0, 0.05) is 12.1 Å². The Kier molecular flexibility index (Phi) is 2.92. The van der Waals surface area contributed by atoms with Crippen LogP contribution in [-0.4, -0.2) is 23.3 Å². The first kappa shape index (κ1) is 11.7. The molecular formula is C16H27NO. The lowest BCUT2D eigenvalue weighted by atomic mass is 9.78. The summed E-state index contributed by atoms with van der Waals surface area (Å²) in [6.07, 6.45) is 12.0. The fourth-order valence-electron chi connectivity index (χ4n) is 5.88. The van der Waals surface area contributed by atoms with Crippen molar-refractivity contribution < 1.29 is 5.11 Å². The van der Waals surface area contributed by atoms with Gasteiger partial charge in [-0.2, -0.15) is 0 Å². The highest BCUT2D eigenvalue weighted by molar-refractivity contribution is 5.06. The minimum atomic E-state index is -0.0333. The average molecular weight is 249 g/mol. The van der Waals surface area contributed by atoms with E-state index in [1.165, 1.54) is 44.9 Å². The second-order valence-corrected chi connectivity index (χ2v) is 7.44. The van der Waals surface area contributed by atoms with E-state index in [9.17, 15) is 5.11 Å². The summed E-state index contributed by atoms with van der Waals surface area (Å²) in [5, 5.41) is 13.7. The monoisotopic (exact) mass is 249 g/mol. The molecule has 2 nitrogen and oxygen atoms in total. The number of aliphatic hydroxyl groups is 1. The van der Waals surface area contributed by atoms with E-state index in [1.807, 2.05) is 0 Å². The van der Waals surface area contributed by atoms with E-state index in [4.69, 9.17) is 0 Å². The highest BCUT2D eigenvalue weighted by atomic mass is 16.3. The van der Waals surface area contributed by atoms with Crippen LogP contribution in [0.2, 0.25) is 0 Å². The van der Waals surface area contributed by atoms with Crippen LogP contribution in [0.5, 0.6) is 0 Å². The van der Waals surface area contributed by atoms with Crippen LogP contribution in [-0.2, 0) is 0 Å². The Bertz CT molecular complexity index is 318. The van der Waals surface area contributed by atoms with Crippen LogP contribution < -0.4 is 5.32 Å². The maximum Gasteiger partial charge on any atom is 0.0555 e. The number of hydrogen-bond acceptors (Lipinski definition) is 2. The minimum Gasteiger partial charge on any atom is -0.393 e. The van der Waals surface area contributed by atoms with Gasteiger partial charge < -0.3 is 10.4 Å². The zero-order chi connectivity index (χ0) is 12.1. The Morgan fingerprint density at radius 2 is 1.61 bits per heavy atom. The summed E-state index contributed by atoms with van der Waals surface area (Å²) in [7, 11) is 0. The molecule has 4 fully saturated rings. The third-order valence-corrected chi connectivity index (χ3v) is 6.53. The van der Waals surface area contributed by atoms with Crippen LogP contribution in [0, 0.1) is 23.7 Å². The Hall–Kier alpha value is -0.0800. The summed E-state index contributed by atoms with van der Waals surface area (Å²) in [6.45, 7) is 0. The first-order valence-electron chi connectivity index (χ1n) is 8.25. The normalized spacial score (nSPS) is 54.8. The van der Waals surface area contributed by atoms with Gasteiger partial charge in [-0.3, -0.25) is 0 Å². The minimum absolute atomic E-state index is 0.0333. The van der Waals surface area contributed by atoms with Gasteiger partial charge in [-0.25, -0.2) is 0 Å². The zero-order valence-electron chi connectivity index (χ0n) is 11.4. The molecule has 0 spiro atoms. The molecule has 0 heterocycles. The molecule has 7 unspecified atom stereocenters. The number of fused-ring (bicyclic) bond motifs is 5. The molecule has 0 aromatic carbocycles. The largest absolute Gasteiger partial charge is 0.393 e. The predicted molar refractivity (Wildman–Crippen MR) is 72.2 cm³/mol. The van der Waals surface area contributed by atoms with E-state index in [0.29, 0.717) is 6.04 Å². The van der Waals surface area contributed by atoms with Crippen molar-refractivity contribution in [3.05, 3.63) is 0 Å². The molecule has 0 amide bonds. The van der Waals surface area contributed by atoms with Crippen molar-refractivity contribution in [2.75, 3.05) is 0 Å². The number of rotatable bonds is 2. The SMILES string of the molecule is OC1CCCC(NC2CC3CC2C2CCCC32)C1. The molecule has 0 saturated heterocycles. The second-order valence-electron chi connectivity index (χ2n) is 7.44. The molecular weight excluding hydrogens is 222 g/mol. The maximum atomic E-state index is 9.80. The standard InChI is InChI=1S/C16H27NO/c18-12-4-1-3-11(9-12)17-16-8-10-7-15(16)14-6-2-5-13(10)14/h10-18H,1-9H2. The number of nitrogens with one attached hydrogen (secondary N) is 1. The molecule has 4 aliphatic rings. The summed E-state index contributed by atoms with van der Waals surface area (Å²) >= 11 is 0. The average Bonchev–Trinajstić information content (AvgIpc) is 2.99. The van der Waals surface area contributed by atoms with Crippen LogP contribution in [0.15, 0.2) is 0 Å². The first-order valence-corrected chi connectivity index (χ1v) is 8.25. The highest BCUT2D eigenvalue weighted by Gasteiger charge is 2.53. The molecule has 0 aromatic rings. The first-order chi connectivity index (χ1) is 8.81. The van der Waals surface area contributed by atoms with E-state index >= 15 is 0 Å². The Balaban J connectivity index is 1.39. The van der Waals surface area contributed by atoms with Gasteiger partial charge in [0.15, 0.2) is 0 Å². The summed E-state index contributed by atoms with van der Waals surface area (Å²) in [6, 6.07) is 1.41. The van der Waals surface area contributed by atoms with Crippen molar-refractivity contribution in [1.82, 2.24) is 5.32 Å². The van der Waals surface area contributed by atoms with E-state index in [0.717, 1.165) is 42.6 Å². The van der Waals surface area contributed by atoms with E-state index < -0.39 is 0 Å². The second kappa shape index (κ2) is 4.49. The van der Waals surface area contributed by atoms with Gasteiger partial charge in [0.1, 0.15) is 0 Å². The van der Waals surface area contributed by atoms with Gasteiger partial charge in [0.05, 0.1) is 6.10 Å². The van der Waals surface area contributed by atoms with Crippen molar-refractivity contribution in [1.29, 1.82) is 0 Å². The summed E-state index contributed by atoms with van der Waals surface area (Å²) in [5.41, 5.74) is 0. The van der Waals surface area contributed by atoms with Gasteiger partial charge in [0.2, 0.25) is 0 Å². The van der Waals surface area contributed by atoms with Crippen LogP contribution in [0.1, 0.15) is 57.8 Å². The van der Waals surface area contributed by atoms with Gasteiger partial charge in [-0.1, -0.05) is 6.42 Å². The smallest absolute Gasteiger partial charge is 0.0555 e. The highest BCUT2D eigenvalue weighted by Crippen LogP contribution is 2.58. The zero-order valence-corrected chi connectivity index (χ0v) is 11.4. The van der Waals surface area contributed by atoms with Crippen molar-refractivity contribution in [3.8, 4) is 0 Å². The lowest BCUT2D eigenvalue weighted by Crippen LogP contribution is -2.46. The Morgan fingerprint density at radius 3 is 2.50 bits per heavy atom. The maximum absolute atomic E-state index is 9.80. The van der Waals surface area contributed by atoms with Crippen LogP contribution >= 0.6 is 0 Å². The molecule has 2 N–H and O–H groups in total. The van der Waals surface area contributed by atoms with Gasteiger partial charge in [0.25, 0.3) is 0 Å². The lowest BCUT2D eigenvalue weighted by Gasteiger charge is -2.36. The van der Waals surface area contributed by atoms with E-state index in [2.05, 4.69) is 5.32 Å².